The maximum Gasteiger partial charge on any atom is 0.264 e. The number of hydrogen-bond acceptors (Lipinski definition) is 4. The van der Waals surface area contributed by atoms with Gasteiger partial charge in [0.25, 0.3) is 10.0 Å². The van der Waals surface area contributed by atoms with Gasteiger partial charge in [-0.05, 0) is 80.6 Å². The van der Waals surface area contributed by atoms with Crippen LogP contribution in [0.1, 0.15) is 63.6 Å². The minimum absolute atomic E-state index is 0.0192. The first-order chi connectivity index (χ1) is 19.7. The number of aryl methyl sites for hydroxylation is 1. The van der Waals surface area contributed by atoms with E-state index >= 15 is 0 Å². The van der Waals surface area contributed by atoms with E-state index in [0.29, 0.717) is 27.7 Å². The van der Waals surface area contributed by atoms with Gasteiger partial charge in [0, 0.05) is 22.6 Å². The lowest BCUT2D eigenvalue weighted by atomic mass is 10.0. The average molecular weight is 633 g/mol. The molecule has 2 atom stereocenters. The molecule has 3 aromatic rings. The van der Waals surface area contributed by atoms with Gasteiger partial charge in [-0.2, -0.15) is 0 Å². The van der Waals surface area contributed by atoms with E-state index in [0.717, 1.165) is 15.4 Å². The molecule has 0 radical (unpaired) electrons. The molecule has 0 bridgehead atoms. The Balaban J connectivity index is 2.06. The van der Waals surface area contributed by atoms with Crippen molar-refractivity contribution in [2.45, 2.75) is 77.4 Å². The molecule has 10 heteroatoms. The summed E-state index contributed by atoms with van der Waals surface area (Å²) in [5.74, 6) is -0.666. The monoisotopic (exact) mass is 631 g/mol. The van der Waals surface area contributed by atoms with Gasteiger partial charge >= 0.3 is 0 Å². The van der Waals surface area contributed by atoms with Crippen molar-refractivity contribution in [1.29, 1.82) is 0 Å². The van der Waals surface area contributed by atoms with Crippen LogP contribution in [0.5, 0.6) is 0 Å². The molecule has 0 unspecified atom stereocenters. The molecule has 0 aliphatic heterocycles. The Hall–Kier alpha value is -3.07. The number of benzene rings is 3. The van der Waals surface area contributed by atoms with E-state index in [2.05, 4.69) is 5.32 Å². The lowest BCUT2D eigenvalue weighted by Crippen LogP contribution is -2.52. The summed E-state index contributed by atoms with van der Waals surface area (Å²) in [5, 5.41) is 3.69. The van der Waals surface area contributed by atoms with Crippen molar-refractivity contribution in [2.24, 2.45) is 0 Å². The summed E-state index contributed by atoms with van der Waals surface area (Å²) in [6.45, 7) is 10.9. The third-order valence-corrected chi connectivity index (χ3v) is 9.63. The Morgan fingerprint density at radius 1 is 0.905 bits per heavy atom. The zero-order valence-electron chi connectivity index (χ0n) is 24.9. The van der Waals surface area contributed by atoms with Gasteiger partial charge in [0.1, 0.15) is 12.6 Å². The van der Waals surface area contributed by atoms with Crippen molar-refractivity contribution >= 4 is 50.7 Å². The van der Waals surface area contributed by atoms with Crippen LogP contribution in [0.25, 0.3) is 0 Å². The number of hydrogen-bond donors (Lipinski definition) is 1. The normalized spacial score (nSPS) is 13.0. The van der Waals surface area contributed by atoms with Gasteiger partial charge in [-0.15, -0.1) is 0 Å². The second-order valence-corrected chi connectivity index (χ2v) is 13.5. The second kappa shape index (κ2) is 14.4. The topological polar surface area (TPSA) is 86.8 Å². The molecular formula is C32H39Cl2N3O4S. The van der Waals surface area contributed by atoms with Gasteiger partial charge in [-0.3, -0.25) is 13.9 Å². The molecule has 3 rings (SSSR count). The van der Waals surface area contributed by atoms with Crippen molar-refractivity contribution < 1.29 is 18.0 Å². The van der Waals surface area contributed by atoms with Gasteiger partial charge in [-0.1, -0.05) is 79.9 Å². The van der Waals surface area contributed by atoms with Crippen LogP contribution in [-0.4, -0.2) is 43.8 Å². The number of sulfonamides is 1. The maximum absolute atomic E-state index is 14.1. The summed E-state index contributed by atoms with van der Waals surface area (Å²) >= 11 is 12.5. The van der Waals surface area contributed by atoms with Crippen molar-refractivity contribution in [3.05, 3.63) is 93.5 Å². The number of nitrogens with one attached hydrogen (secondary N) is 1. The fraction of sp³-hybridized carbons (Fsp3) is 0.375. The highest BCUT2D eigenvalue weighted by Crippen LogP contribution is 2.28. The molecule has 0 heterocycles. The minimum atomic E-state index is -4.15. The van der Waals surface area contributed by atoms with Gasteiger partial charge in [0.2, 0.25) is 11.8 Å². The van der Waals surface area contributed by atoms with Crippen LogP contribution in [0.15, 0.2) is 71.6 Å². The summed E-state index contributed by atoms with van der Waals surface area (Å²) in [6, 6.07) is 17.5. The number of anilines is 1. The number of nitrogens with zero attached hydrogens (tertiary/aromatic N) is 2. The molecule has 0 spiro atoms. The largest absolute Gasteiger partial charge is 0.352 e. The van der Waals surface area contributed by atoms with E-state index in [9.17, 15) is 18.0 Å². The van der Waals surface area contributed by atoms with Crippen LogP contribution >= 0.6 is 23.2 Å². The molecule has 0 fully saturated rings. The number of carbonyl (C=O) groups is 2. The second-order valence-electron chi connectivity index (χ2n) is 10.8. The van der Waals surface area contributed by atoms with Gasteiger partial charge in [-0.25, -0.2) is 8.42 Å². The van der Waals surface area contributed by atoms with Gasteiger partial charge in [0.15, 0.2) is 0 Å². The number of halogens is 2. The highest BCUT2D eigenvalue weighted by Gasteiger charge is 2.33. The molecule has 226 valence electrons. The first-order valence-corrected chi connectivity index (χ1v) is 16.2. The van der Waals surface area contributed by atoms with Gasteiger partial charge in [0.05, 0.1) is 10.6 Å². The smallest absolute Gasteiger partial charge is 0.264 e. The van der Waals surface area contributed by atoms with Crippen molar-refractivity contribution in [3.8, 4) is 0 Å². The molecule has 0 aromatic heterocycles. The zero-order valence-corrected chi connectivity index (χ0v) is 27.2. The third kappa shape index (κ3) is 8.27. The van der Waals surface area contributed by atoms with E-state index in [4.69, 9.17) is 23.2 Å². The summed E-state index contributed by atoms with van der Waals surface area (Å²) in [5.41, 5.74) is 2.86. The summed E-state index contributed by atoms with van der Waals surface area (Å²) in [7, 11) is -4.15. The van der Waals surface area contributed by atoms with Crippen LogP contribution in [0, 0.1) is 6.92 Å². The van der Waals surface area contributed by atoms with Crippen LogP contribution in [0.2, 0.25) is 10.0 Å². The van der Waals surface area contributed by atoms with Crippen molar-refractivity contribution in [2.75, 3.05) is 10.8 Å². The number of amides is 2. The maximum atomic E-state index is 14.1. The predicted molar refractivity (Wildman–Crippen MR) is 171 cm³/mol. The molecule has 42 heavy (non-hydrogen) atoms. The van der Waals surface area contributed by atoms with Crippen molar-refractivity contribution in [3.63, 3.8) is 0 Å². The molecule has 3 aromatic carbocycles. The first kappa shape index (κ1) is 33.4. The molecule has 0 aliphatic rings. The molecule has 0 aliphatic carbocycles. The molecule has 0 saturated carbocycles. The highest BCUT2D eigenvalue weighted by atomic mass is 35.5. The fourth-order valence-corrected chi connectivity index (χ4v) is 6.16. The lowest BCUT2D eigenvalue weighted by molar-refractivity contribution is -0.139. The SMILES string of the molecule is CC[C@H](C)NC(=O)[C@@H](C)N(Cc1ccc(Cl)cc1Cl)C(=O)CN(c1ccc(C(C)C)cc1)S(=O)(=O)c1ccc(C)cc1. The molecule has 7 nitrogen and oxygen atoms in total. The number of rotatable bonds is 12. The highest BCUT2D eigenvalue weighted by molar-refractivity contribution is 7.92. The Labute approximate surface area is 259 Å². The standard InChI is InChI=1S/C32H39Cl2N3O4S/c1-7-23(5)35-32(39)24(6)36(19-26-10-13-27(33)18-30(26)34)31(38)20-37(28-14-11-25(12-15-28)21(2)3)42(40,41)29-16-8-22(4)9-17-29/h8-18,21,23-24H,7,19-20H2,1-6H3,(H,35,39)/t23-,24+/m0/s1. The quantitative estimate of drug-likeness (QED) is 0.234. The average Bonchev–Trinajstić information content (AvgIpc) is 2.95. The van der Waals surface area contributed by atoms with Gasteiger partial charge < -0.3 is 10.2 Å². The van der Waals surface area contributed by atoms with E-state index < -0.39 is 28.5 Å². The van der Waals surface area contributed by atoms with Crippen LogP contribution < -0.4 is 9.62 Å². The number of carbonyl (C=O) groups excluding carboxylic acids is 2. The minimum Gasteiger partial charge on any atom is -0.352 e. The zero-order chi connectivity index (χ0) is 31.2. The lowest BCUT2D eigenvalue weighted by Gasteiger charge is -2.32. The third-order valence-electron chi connectivity index (χ3n) is 7.26. The molecule has 1 N–H and O–H groups in total. The van der Waals surface area contributed by atoms with E-state index in [1.54, 1.807) is 49.4 Å². The van der Waals surface area contributed by atoms with Crippen molar-refractivity contribution in [1.82, 2.24) is 10.2 Å². The van der Waals surface area contributed by atoms with E-state index in [1.165, 1.54) is 17.0 Å². The Morgan fingerprint density at radius 2 is 1.52 bits per heavy atom. The summed E-state index contributed by atoms with van der Waals surface area (Å²) in [4.78, 5) is 28.7. The first-order valence-electron chi connectivity index (χ1n) is 14.0. The van der Waals surface area contributed by atoms with Crippen LogP contribution in [-0.2, 0) is 26.2 Å². The predicted octanol–water partition coefficient (Wildman–Crippen LogP) is 6.95. The van der Waals surface area contributed by atoms with E-state index in [1.807, 2.05) is 46.8 Å². The molecular weight excluding hydrogens is 593 g/mol. The Bertz CT molecular complexity index is 1490. The Morgan fingerprint density at radius 3 is 2.07 bits per heavy atom. The molecule has 0 saturated heterocycles. The summed E-state index contributed by atoms with van der Waals surface area (Å²) < 4.78 is 29.1. The fourth-order valence-electron chi connectivity index (χ4n) is 4.27. The van der Waals surface area contributed by atoms with E-state index in [-0.39, 0.29) is 29.3 Å². The summed E-state index contributed by atoms with van der Waals surface area (Å²) in [6.07, 6.45) is 0.713. The van der Waals surface area contributed by atoms with Crippen LogP contribution in [0.4, 0.5) is 5.69 Å². The Kier molecular flexibility index (Phi) is 11.5. The van der Waals surface area contributed by atoms with Crippen LogP contribution in [0.3, 0.4) is 0 Å². The molecule has 2 amide bonds.